The first-order chi connectivity index (χ1) is 18.3. The first-order valence-electron chi connectivity index (χ1n) is 13.5. The summed E-state index contributed by atoms with van der Waals surface area (Å²) < 4.78 is 48.6. The van der Waals surface area contributed by atoms with Crippen molar-refractivity contribution < 1.29 is 37.0 Å². The molecule has 6 atom stereocenters. The van der Waals surface area contributed by atoms with Crippen molar-refractivity contribution in [2.45, 2.75) is 84.5 Å². The molecule has 0 heterocycles. The molecule has 1 amide bonds. The van der Waals surface area contributed by atoms with Gasteiger partial charge in [0.25, 0.3) is 5.91 Å². The van der Waals surface area contributed by atoms with Crippen molar-refractivity contribution >= 4 is 29.4 Å². The first-order valence-corrected chi connectivity index (χ1v) is 13.9. The number of halogens is 4. The maximum absolute atomic E-state index is 12.8. The molecule has 3 N–H and O–H groups in total. The van der Waals surface area contributed by atoms with E-state index in [4.69, 9.17) is 26.8 Å². The summed E-state index contributed by atoms with van der Waals surface area (Å²) in [5.41, 5.74) is 4.68. The van der Waals surface area contributed by atoms with Crippen LogP contribution in [0, 0.1) is 23.7 Å². The minimum Gasteiger partial charge on any atom is -0.466 e. The van der Waals surface area contributed by atoms with E-state index >= 15 is 0 Å². The molecule has 220 valence electrons. The molecule has 0 bridgehead atoms. The van der Waals surface area contributed by atoms with Gasteiger partial charge in [0.15, 0.2) is 0 Å². The topological polar surface area (TPSA) is 108 Å². The molecule has 0 spiro atoms. The van der Waals surface area contributed by atoms with E-state index in [0.717, 1.165) is 37.5 Å². The number of nitrogens with two attached hydrogens (primary N) is 1. The molecule has 39 heavy (non-hydrogen) atoms. The molecule has 0 aliphatic heterocycles. The van der Waals surface area contributed by atoms with E-state index in [2.05, 4.69) is 12.2 Å². The molecule has 0 saturated heterocycles. The summed E-state index contributed by atoms with van der Waals surface area (Å²) in [7, 11) is 0. The Labute approximate surface area is 233 Å². The van der Waals surface area contributed by atoms with Crippen LogP contribution in [-0.4, -0.2) is 43.1 Å². The molecule has 7 nitrogen and oxygen atoms in total. The van der Waals surface area contributed by atoms with Gasteiger partial charge in [-0.1, -0.05) is 25.4 Å². The molecule has 2 aliphatic carbocycles. The van der Waals surface area contributed by atoms with Crippen molar-refractivity contribution in [1.82, 2.24) is 5.32 Å². The number of ether oxygens (including phenoxy) is 2. The van der Waals surface area contributed by atoms with Crippen LogP contribution in [0.2, 0.25) is 5.02 Å². The Morgan fingerprint density at radius 2 is 1.49 bits per heavy atom. The van der Waals surface area contributed by atoms with E-state index < -0.39 is 17.6 Å². The van der Waals surface area contributed by atoms with Gasteiger partial charge < -0.3 is 20.5 Å². The number of hydrogen-bond acceptors (Lipinski definition) is 6. The van der Waals surface area contributed by atoms with E-state index in [1.54, 1.807) is 6.92 Å². The van der Waals surface area contributed by atoms with Crippen LogP contribution in [0.1, 0.15) is 82.1 Å². The van der Waals surface area contributed by atoms with Crippen LogP contribution < -0.4 is 11.1 Å². The van der Waals surface area contributed by atoms with Crippen molar-refractivity contribution in [3.8, 4) is 0 Å². The highest BCUT2D eigenvalue weighted by Crippen LogP contribution is 2.34. The summed E-state index contributed by atoms with van der Waals surface area (Å²) in [4.78, 5) is 35.7. The lowest BCUT2D eigenvalue weighted by atomic mass is 9.78. The second kappa shape index (κ2) is 14.9. The third-order valence-electron chi connectivity index (χ3n) is 7.43. The SMILES string of the molecule is CCOC(=O)C1CCC(N)CC1C.CCOC(=O)C1CCC(NC(=O)c2cc(C(F)(F)F)ccc2Cl)CC1C. The van der Waals surface area contributed by atoms with Gasteiger partial charge in [-0.15, -0.1) is 0 Å². The van der Waals surface area contributed by atoms with E-state index in [0.29, 0.717) is 38.4 Å². The van der Waals surface area contributed by atoms with Crippen LogP contribution in [0.5, 0.6) is 0 Å². The summed E-state index contributed by atoms with van der Waals surface area (Å²) in [5.74, 6) is -0.687. The third-order valence-corrected chi connectivity index (χ3v) is 7.76. The largest absolute Gasteiger partial charge is 0.466 e. The number of hydrogen-bond donors (Lipinski definition) is 2. The molecule has 6 unspecified atom stereocenters. The predicted molar refractivity (Wildman–Crippen MR) is 142 cm³/mol. The van der Waals surface area contributed by atoms with Gasteiger partial charge in [0.05, 0.1) is 41.2 Å². The summed E-state index contributed by atoms with van der Waals surface area (Å²) >= 11 is 5.90. The lowest BCUT2D eigenvalue weighted by Crippen LogP contribution is -2.42. The minimum atomic E-state index is -4.55. The fourth-order valence-corrected chi connectivity index (χ4v) is 5.51. The van der Waals surface area contributed by atoms with Crippen molar-refractivity contribution in [3.05, 3.63) is 34.3 Å². The Kier molecular flexibility index (Phi) is 12.5. The van der Waals surface area contributed by atoms with Crippen molar-refractivity contribution in [3.63, 3.8) is 0 Å². The number of alkyl halides is 3. The predicted octanol–water partition coefficient (Wildman–Crippen LogP) is 5.77. The summed E-state index contributed by atoms with van der Waals surface area (Å²) in [6.45, 7) is 8.37. The zero-order chi connectivity index (χ0) is 29.3. The van der Waals surface area contributed by atoms with Crippen LogP contribution in [0.15, 0.2) is 18.2 Å². The van der Waals surface area contributed by atoms with Crippen LogP contribution >= 0.6 is 11.6 Å². The Morgan fingerprint density at radius 3 is 1.97 bits per heavy atom. The molecule has 0 radical (unpaired) electrons. The molecule has 2 fully saturated rings. The Bertz CT molecular complexity index is 990. The minimum absolute atomic E-state index is 0.00471. The van der Waals surface area contributed by atoms with Crippen molar-refractivity contribution in [1.29, 1.82) is 0 Å². The standard InChI is InChI=1S/C18H21ClF3NO3.C10H19NO2/c1-3-26-17(25)13-6-5-12(8-10(13)2)23-16(24)14-9-11(18(20,21)22)4-7-15(14)19;1-3-13-10(12)9-5-4-8(11)6-7(9)2/h4,7,9-10,12-13H,3,5-6,8H2,1-2H3,(H,23,24);7-9H,3-6,11H2,1-2H3. The summed E-state index contributed by atoms with van der Waals surface area (Å²) in [6.07, 6.45) is -0.104. The van der Waals surface area contributed by atoms with Gasteiger partial charge in [0, 0.05) is 12.1 Å². The molecule has 11 heteroatoms. The molecule has 1 aromatic rings. The van der Waals surface area contributed by atoms with E-state index in [-0.39, 0.29) is 52.4 Å². The molecule has 3 rings (SSSR count). The normalized spacial score (nSPS) is 27.0. The van der Waals surface area contributed by atoms with Crippen molar-refractivity contribution in [2.24, 2.45) is 29.4 Å². The number of esters is 2. The highest BCUT2D eigenvalue weighted by Gasteiger charge is 2.35. The highest BCUT2D eigenvalue weighted by molar-refractivity contribution is 6.33. The molecular weight excluding hydrogens is 537 g/mol. The maximum atomic E-state index is 12.8. The fraction of sp³-hybridized carbons (Fsp3) is 0.679. The Hall–Kier alpha value is -2.33. The number of nitrogens with one attached hydrogen (secondary N) is 1. The number of carbonyl (C=O) groups is 3. The lowest BCUT2D eigenvalue weighted by molar-refractivity contribution is -0.152. The average Bonchev–Trinajstić information content (AvgIpc) is 2.84. The fourth-order valence-electron chi connectivity index (χ4n) is 5.30. The smallest absolute Gasteiger partial charge is 0.416 e. The second-order valence-electron chi connectivity index (χ2n) is 10.4. The van der Waals surface area contributed by atoms with Gasteiger partial charge in [0.1, 0.15) is 0 Å². The van der Waals surface area contributed by atoms with Crippen LogP contribution in [0.4, 0.5) is 13.2 Å². The van der Waals surface area contributed by atoms with E-state index in [9.17, 15) is 27.6 Å². The van der Waals surface area contributed by atoms with Gasteiger partial charge in [-0.05, 0) is 82.4 Å². The number of carbonyl (C=O) groups excluding carboxylic acids is 3. The zero-order valence-corrected chi connectivity index (χ0v) is 23.7. The van der Waals surface area contributed by atoms with E-state index in [1.165, 1.54) is 0 Å². The third kappa shape index (κ3) is 9.67. The van der Waals surface area contributed by atoms with Crippen LogP contribution in [-0.2, 0) is 25.2 Å². The Balaban J connectivity index is 0.000000344. The van der Waals surface area contributed by atoms with E-state index in [1.807, 2.05) is 13.8 Å². The van der Waals surface area contributed by atoms with Gasteiger partial charge in [-0.25, -0.2) is 0 Å². The molecule has 1 aromatic carbocycles. The quantitative estimate of drug-likeness (QED) is 0.416. The summed E-state index contributed by atoms with van der Waals surface area (Å²) in [6, 6.07) is 2.71. The van der Waals surface area contributed by atoms with Crippen molar-refractivity contribution in [2.75, 3.05) is 13.2 Å². The number of rotatable bonds is 6. The number of amides is 1. The van der Waals surface area contributed by atoms with Crippen LogP contribution in [0.3, 0.4) is 0 Å². The molecule has 2 aliphatic rings. The molecular formula is C28H40ClF3N2O5. The van der Waals surface area contributed by atoms with Gasteiger partial charge in [-0.2, -0.15) is 13.2 Å². The number of benzene rings is 1. The first kappa shape index (κ1) is 32.9. The van der Waals surface area contributed by atoms with Crippen LogP contribution in [0.25, 0.3) is 0 Å². The van der Waals surface area contributed by atoms with Gasteiger partial charge in [0.2, 0.25) is 0 Å². The summed E-state index contributed by atoms with van der Waals surface area (Å²) in [5, 5.41) is 2.70. The van der Waals surface area contributed by atoms with Gasteiger partial charge in [-0.3, -0.25) is 14.4 Å². The average molecular weight is 577 g/mol. The maximum Gasteiger partial charge on any atom is 0.416 e. The Morgan fingerprint density at radius 1 is 0.949 bits per heavy atom. The van der Waals surface area contributed by atoms with Gasteiger partial charge >= 0.3 is 18.1 Å². The molecule has 2 saturated carbocycles. The second-order valence-corrected chi connectivity index (χ2v) is 10.8. The highest BCUT2D eigenvalue weighted by atomic mass is 35.5. The molecule has 0 aromatic heterocycles. The monoisotopic (exact) mass is 576 g/mol. The lowest BCUT2D eigenvalue weighted by Gasteiger charge is -2.33. The zero-order valence-electron chi connectivity index (χ0n) is 23.0.